The molecule has 0 saturated heterocycles. The van der Waals surface area contributed by atoms with Crippen molar-refractivity contribution in [1.82, 2.24) is 9.97 Å². The summed E-state index contributed by atoms with van der Waals surface area (Å²) in [4.78, 5) is 20.6. The number of ketones is 1. The Bertz CT molecular complexity index is 1580. The van der Waals surface area contributed by atoms with Crippen LogP contribution in [0.5, 0.6) is 0 Å². The maximum Gasteiger partial charge on any atom is 0.267 e. The highest BCUT2D eigenvalue weighted by atomic mass is 35.5. The van der Waals surface area contributed by atoms with Gasteiger partial charge in [-0.25, -0.2) is 27.2 Å². The van der Waals surface area contributed by atoms with Crippen molar-refractivity contribution >= 4 is 62.0 Å². The van der Waals surface area contributed by atoms with Gasteiger partial charge in [0.1, 0.15) is 17.3 Å². The molecule has 0 saturated carbocycles. The van der Waals surface area contributed by atoms with Gasteiger partial charge >= 0.3 is 0 Å². The Morgan fingerprint density at radius 2 is 1.82 bits per heavy atom. The van der Waals surface area contributed by atoms with Crippen LogP contribution in [-0.2, 0) is 19.6 Å². The van der Waals surface area contributed by atoms with Crippen molar-refractivity contribution in [3.05, 3.63) is 75.5 Å². The van der Waals surface area contributed by atoms with Gasteiger partial charge in [-0.1, -0.05) is 43.1 Å². The van der Waals surface area contributed by atoms with E-state index in [1.165, 1.54) is 18.3 Å². The lowest BCUT2D eigenvalue weighted by molar-refractivity contribution is -0.127. The maximum absolute atomic E-state index is 14.3. The van der Waals surface area contributed by atoms with E-state index in [4.69, 9.17) is 33.7 Å². The number of hydrogen-bond acceptors (Lipinski definition) is 7. The molecule has 3 aromatic rings. The van der Waals surface area contributed by atoms with E-state index in [9.17, 15) is 22.0 Å². The fraction of sp³-hybridized carbons (Fsp3) is 0.240. The quantitative estimate of drug-likeness (QED) is 0.365. The number of nitrogens with one attached hydrogen (secondary N) is 1. The second kappa shape index (κ2) is 10.1. The number of halogens is 4. The highest BCUT2D eigenvalue weighted by Crippen LogP contribution is 2.47. The number of nitrogens with zero attached hydrogens (tertiary/aromatic N) is 2. The number of aromatic nitrogens is 2. The van der Waals surface area contributed by atoms with E-state index in [0.29, 0.717) is 6.42 Å². The molecular weight excluding hydrogens is 561 g/mol. The molecule has 2 aromatic carbocycles. The molecular formula is C25H22Cl2F2N4O4S. The molecule has 1 aliphatic rings. The summed E-state index contributed by atoms with van der Waals surface area (Å²) in [6.07, 6.45) is 1.72. The molecule has 3 N–H and O–H groups in total. The molecule has 1 unspecified atom stereocenters. The first-order valence-electron chi connectivity index (χ1n) is 11.3. The van der Waals surface area contributed by atoms with Gasteiger partial charge in [0.2, 0.25) is 11.7 Å². The Morgan fingerprint density at radius 3 is 2.42 bits per heavy atom. The van der Waals surface area contributed by atoms with E-state index in [1.807, 2.05) is 13.8 Å². The Kier molecular flexibility index (Phi) is 7.39. The van der Waals surface area contributed by atoms with Gasteiger partial charge in [0.05, 0.1) is 16.3 Å². The van der Waals surface area contributed by atoms with Crippen LogP contribution in [0.15, 0.2) is 47.5 Å². The van der Waals surface area contributed by atoms with Gasteiger partial charge in [0.25, 0.3) is 10.0 Å². The summed E-state index contributed by atoms with van der Waals surface area (Å²) >= 11 is 12.9. The SMILES string of the molecule is CC(C)CC1(C)OC(c2ccnc(N)n2)=C(c2cc(Cl)cc(NS(=O)(=O)c3c(F)cccc3F)c2Cl)C1=O. The molecule has 200 valence electrons. The summed E-state index contributed by atoms with van der Waals surface area (Å²) in [5.74, 6) is -3.01. The van der Waals surface area contributed by atoms with Crippen molar-refractivity contribution < 1.29 is 26.7 Å². The summed E-state index contributed by atoms with van der Waals surface area (Å²) in [5, 5.41) is -0.273. The number of carbonyl (C=O) groups excluding carboxylic acids is 1. The van der Waals surface area contributed by atoms with Crippen molar-refractivity contribution in [2.75, 3.05) is 10.5 Å². The molecule has 8 nitrogen and oxygen atoms in total. The Hall–Kier alpha value is -3.28. The molecule has 0 aliphatic carbocycles. The molecule has 13 heteroatoms. The van der Waals surface area contributed by atoms with Crippen LogP contribution in [0.4, 0.5) is 20.4 Å². The second-order valence-electron chi connectivity index (χ2n) is 9.24. The first-order chi connectivity index (χ1) is 17.7. The van der Waals surface area contributed by atoms with Crippen molar-refractivity contribution in [2.45, 2.75) is 37.7 Å². The van der Waals surface area contributed by atoms with E-state index in [-0.39, 0.29) is 50.2 Å². The summed E-state index contributed by atoms with van der Waals surface area (Å²) in [6.45, 7) is 5.46. The third-order valence-corrected chi connectivity index (χ3v) is 7.75. The maximum atomic E-state index is 14.3. The summed E-state index contributed by atoms with van der Waals surface area (Å²) in [7, 11) is -4.79. The lowest BCUT2D eigenvalue weighted by atomic mass is 9.86. The van der Waals surface area contributed by atoms with E-state index < -0.39 is 37.9 Å². The number of nitrogens with two attached hydrogens (primary N) is 1. The number of ether oxygens (including phenoxy) is 1. The number of nitrogen functional groups attached to an aromatic ring is 1. The smallest absolute Gasteiger partial charge is 0.267 e. The van der Waals surface area contributed by atoms with Gasteiger partial charge in [-0.15, -0.1) is 0 Å². The fourth-order valence-electron chi connectivity index (χ4n) is 4.31. The molecule has 0 bridgehead atoms. The topological polar surface area (TPSA) is 124 Å². The van der Waals surface area contributed by atoms with Crippen LogP contribution >= 0.6 is 23.2 Å². The van der Waals surface area contributed by atoms with Crippen molar-refractivity contribution in [3.8, 4) is 0 Å². The minimum absolute atomic E-state index is 0.0173. The van der Waals surface area contributed by atoms with Crippen LogP contribution in [0.25, 0.3) is 11.3 Å². The van der Waals surface area contributed by atoms with Crippen LogP contribution in [-0.4, -0.2) is 29.8 Å². The third kappa shape index (κ3) is 5.18. The Morgan fingerprint density at radius 1 is 1.16 bits per heavy atom. The molecule has 1 aromatic heterocycles. The van der Waals surface area contributed by atoms with E-state index in [0.717, 1.165) is 24.3 Å². The van der Waals surface area contributed by atoms with Gasteiger partial charge in [-0.2, -0.15) is 0 Å². The number of rotatable bonds is 7. The summed E-state index contributed by atoms with van der Waals surface area (Å²) < 4.78 is 62.6. The minimum Gasteiger partial charge on any atom is -0.476 e. The molecule has 4 rings (SSSR count). The molecule has 1 atom stereocenters. The van der Waals surface area contributed by atoms with Crippen LogP contribution in [0.3, 0.4) is 0 Å². The van der Waals surface area contributed by atoms with Crippen LogP contribution in [0.1, 0.15) is 38.4 Å². The average molecular weight is 583 g/mol. The third-order valence-electron chi connectivity index (χ3n) is 5.71. The Labute approximate surface area is 227 Å². The first-order valence-corrected chi connectivity index (χ1v) is 13.5. The van der Waals surface area contributed by atoms with E-state index in [2.05, 4.69) is 14.7 Å². The molecule has 0 fully saturated rings. The van der Waals surface area contributed by atoms with E-state index in [1.54, 1.807) is 6.92 Å². The van der Waals surface area contributed by atoms with Gasteiger partial charge in [0, 0.05) is 16.8 Å². The zero-order chi connectivity index (χ0) is 28.0. The molecule has 0 radical (unpaired) electrons. The van der Waals surface area contributed by atoms with Gasteiger partial charge in [-0.3, -0.25) is 9.52 Å². The lowest BCUT2D eigenvalue weighted by Crippen LogP contribution is -2.35. The standard InChI is InChI=1S/C25H22Cl2F2N4O4S/c1-12(2)11-25(3)23(34)19(21(37-25)17-7-8-31-24(30)32-17)14-9-13(26)10-18(20(14)27)33-38(35,36)22-15(28)5-4-6-16(22)29/h4-10,12,33H,11H2,1-3H3,(H2,30,31,32). The van der Waals surface area contributed by atoms with Crippen molar-refractivity contribution in [3.63, 3.8) is 0 Å². The van der Waals surface area contributed by atoms with Crippen LogP contribution < -0.4 is 10.5 Å². The predicted molar refractivity (Wildman–Crippen MR) is 141 cm³/mol. The summed E-state index contributed by atoms with van der Waals surface area (Å²) in [6, 6.07) is 6.63. The summed E-state index contributed by atoms with van der Waals surface area (Å²) in [5.41, 5.74) is 4.34. The van der Waals surface area contributed by atoms with Crippen molar-refractivity contribution in [1.29, 1.82) is 0 Å². The molecule has 2 heterocycles. The number of anilines is 2. The number of sulfonamides is 1. The molecule has 0 spiro atoms. The largest absolute Gasteiger partial charge is 0.476 e. The van der Waals surface area contributed by atoms with Gasteiger partial charge in [-0.05, 0) is 49.6 Å². The van der Waals surface area contributed by atoms with Gasteiger partial charge in [0.15, 0.2) is 16.3 Å². The molecule has 0 amide bonds. The first kappa shape index (κ1) is 27.7. The highest BCUT2D eigenvalue weighted by Gasteiger charge is 2.48. The van der Waals surface area contributed by atoms with E-state index >= 15 is 0 Å². The number of carbonyl (C=O) groups is 1. The zero-order valence-electron chi connectivity index (χ0n) is 20.4. The second-order valence-corrected chi connectivity index (χ2v) is 11.7. The monoisotopic (exact) mass is 582 g/mol. The fourth-order valence-corrected chi connectivity index (χ4v) is 6.04. The average Bonchev–Trinajstić information content (AvgIpc) is 3.05. The number of Topliss-reactive ketones (excluding diaryl/α,β-unsaturated/α-hetero) is 1. The zero-order valence-corrected chi connectivity index (χ0v) is 22.7. The Balaban J connectivity index is 1.90. The molecule has 38 heavy (non-hydrogen) atoms. The van der Waals surface area contributed by atoms with Crippen LogP contribution in [0.2, 0.25) is 10.0 Å². The molecule has 1 aliphatic heterocycles. The minimum atomic E-state index is -4.79. The normalized spacial score (nSPS) is 17.7. The highest BCUT2D eigenvalue weighted by molar-refractivity contribution is 7.92. The predicted octanol–water partition coefficient (Wildman–Crippen LogP) is 5.72. The van der Waals surface area contributed by atoms with Crippen LogP contribution in [0, 0.1) is 17.6 Å². The lowest BCUT2D eigenvalue weighted by Gasteiger charge is -2.25. The van der Waals surface area contributed by atoms with Gasteiger partial charge < -0.3 is 10.5 Å². The number of benzene rings is 2. The number of hydrogen-bond donors (Lipinski definition) is 2. The van der Waals surface area contributed by atoms with Crippen molar-refractivity contribution in [2.24, 2.45) is 5.92 Å².